The molecule has 9 heteroatoms. The van der Waals surface area contributed by atoms with E-state index in [2.05, 4.69) is 15.3 Å². The number of fused-ring (bicyclic) bond motifs is 1. The molecule has 0 radical (unpaired) electrons. The summed E-state index contributed by atoms with van der Waals surface area (Å²) >= 11 is 0. The second-order valence-corrected chi connectivity index (χ2v) is 7.04. The van der Waals surface area contributed by atoms with Gasteiger partial charge in [0.05, 0.1) is 0 Å². The van der Waals surface area contributed by atoms with Crippen molar-refractivity contribution in [2.75, 3.05) is 57.5 Å². The second-order valence-electron chi connectivity index (χ2n) is 7.04. The van der Waals surface area contributed by atoms with Crippen molar-refractivity contribution in [1.82, 2.24) is 19.8 Å². The van der Waals surface area contributed by atoms with E-state index in [0.29, 0.717) is 31.4 Å². The molecule has 2 aliphatic rings. The Morgan fingerprint density at radius 2 is 2.04 bits per heavy atom. The Kier molecular flexibility index (Phi) is 4.18. The maximum Gasteiger partial charge on any atom is 0.319 e. The number of hydrogen-bond acceptors (Lipinski definition) is 6. The number of nitrogens with zero attached hydrogens (tertiary/aromatic N) is 5. The number of amides is 2. The van der Waals surface area contributed by atoms with Crippen molar-refractivity contribution < 1.29 is 14.7 Å². The van der Waals surface area contributed by atoms with Crippen molar-refractivity contribution in [3.8, 4) is 0 Å². The van der Waals surface area contributed by atoms with Crippen LogP contribution >= 0.6 is 0 Å². The molecule has 0 spiro atoms. The molecule has 0 aromatic carbocycles. The number of aryl methyl sites for hydroxylation is 1. The summed E-state index contributed by atoms with van der Waals surface area (Å²) in [5.74, 6) is 0.227. The number of carboxylic acid groups (broad SMARTS) is 1. The largest absolute Gasteiger partial charge is 0.481 e. The molecule has 0 saturated carbocycles. The molecule has 1 aromatic rings. The number of carbonyl (C=O) groups excluding carboxylic acids is 1. The second kappa shape index (κ2) is 6.05. The van der Waals surface area contributed by atoms with Gasteiger partial charge in [0, 0.05) is 65.0 Å². The molecule has 9 nitrogen and oxygen atoms in total. The summed E-state index contributed by atoms with van der Waals surface area (Å²) in [7, 11) is 5.14. The van der Waals surface area contributed by atoms with Crippen LogP contribution < -0.4 is 10.2 Å². The van der Waals surface area contributed by atoms with E-state index < -0.39 is 11.4 Å². The molecule has 3 rings (SSSR count). The van der Waals surface area contributed by atoms with Crippen LogP contribution in [0.3, 0.4) is 0 Å². The van der Waals surface area contributed by atoms with Gasteiger partial charge >= 0.3 is 12.0 Å². The van der Waals surface area contributed by atoms with Gasteiger partial charge in [-0.05, 0) is 6.92 Å². The van der Waals surface area contributed by atoms with E-state index >= 15 is 0 Å². The minimum atomic E-state index is -0.974. The third-order valence-corrected chi connectivity index (χ3v) is 5.07. The van der Waals surface area contributed by atoms with Gasteiger partial charge in [0.1, 0.15) is 11.2 Å². The third kappa shape index (κ3) is 2.83. The van der Waals surface area contributed by atoms with Crippen LogP contribution in [0.4, 0.5) is 16.6 Å². The van der Waals surface area contributed by atoms with Gasteiger partial charge < -0.3 is 25.1 Å². The van der Waals surface area contributed by atoms with Crippen molar-refractivity contribution in [2.45, 2.75) is 6.92 Å². The summed E-state index contributed by atoms with van der Waals surface area (Å²) in [6.07, 6.45) is 0. The lowest BCUT2D eigenvalue weighted by molar-refractivity contribution is -0.148. The molecule has 3 heterocycles. The normalized spacial score (nSPS) is 25.0. The Hall–Kier alpha value is -2.58. The molecule has 2 fully saturated rings. The zero-order chi connectivity index (χ0) is 18.4. The topological polar surface area (TPSA) is 102 Å². The van der Waals surface area contributed by atoms with Gasteiger partial charge in [0.15, 0.2) is 0 Å². The van der Waals surface area contributed by atoms with Gasteiger partial charge in [-0.25, -0.2) is 9.78 Å². The molecular weight excluding hydrogens is 324 g/mol. The van der Waals surface area contributed by atoms with Gasteiger partial charge in [-0.2, -0.15) is 4.98 Å². The fourth-order valence-corrected chi connectivity index (χ4v) is 3.77. The average Bonchev–Trinajstić information content (AvgIpc) is 3.08. The lowest BCUT2D eigenvalue weighted by Gasteiger charge is -2.27. The minimum Gasteiger partial charge on any atom is -0.481 e. The van der Waals surface area contributed by atoms with Crippen molar-refractivity contribution in [1.29, 1.82) is 0 Å². The Morgan fingerprint density at radius 1 is 1.32 bits per heavy atom. The van der Waals surface area contributed by atoms with Crippen LogP contribution in [0.15, 0.2) is 6.07 Å². The Bertz CT molecular complexity index is 709. The number of anilines is 2. The number of aromatic nitrogens is 2. The number of carbonyl (C=O) groups is 2. The number of likely N-dealkylation sites (tertiary alicyclic amines) is 1. The number of carboxylic acids is 1. The molecule has 2 atom stereocenters. The highest BCUT2D eigenvalue weighted by Crippen LogP contribution is 2.44. The molecule has 1 aromatic heterocycles. The highest BCUT2D eigenvalue weighted by molar-refractivity contribution is 5.81. The number of rotatable bonds is 3. The van der Waals surface area contributed by atoms with Gasteiger partial charge in [-0.3, -0.25) is 4.79 Å². The van der Waals surface area contributed by atoms with Crippen LogP contribution in [0.1, 0.15) is 5.69 Å². The standard InChI is InChI=1S/C16H24N6O3/c1-10-5-12(17-2)19-14(18-10)21-6-11-7-22(15(25)20(3)4)9-16(11,8-21)13(23)24/h5,11H,6-9H2,1-4H3,(H,23,24)(H,17,18,19)/t11-,16-/m0/s1. The van der Waals surface area contributed by atoms with Crippen LogP contribution in [-0.4, -0.2) is 84.2 Å². The smallest absolute Gasteiger partial charge is 0.319 e. The van der Waals surface area contributed by atoms with Crippen LogP contribution in [-0.2, 0) is 4.79 Å². The first-order chi connectivity index (χ1) is 11.8. The van der Waals surface area contributed by atoms with Crippen LogP contribution in [0.25, 0.3) is 0 Å². The van der Waals surface area contributed by atoms with E-state index in [1.165, 1.54) is 4.90 Å². The van der Waals surface area contributed by atoms with Gasteiger partial charge in [0.2, 0.25) is 5.95 Å². The SMILES string of the molecule is CNc1cc(C)nc(N2C[C@H]3CN(C(=O)N(C)C)C[C@@]3(C(=O)O)C2)n1. The molecular formula is C16H24N6O3. The lowest BCUT2D eigenvalue weighted by atomic mass is 9.81. The lowest BCUT2D eigenvalue weighted by Crippen LogP contribution is -2.44. The predicted molar refractivity (Wildman–Crippen MR) is 92.7 cm³/mol. The zero-order valence-electron chi connectivity index (χ0n) is 15.0. The van der Waals surface area contributed by atoms with Crippen molar-refractivity contribution in [3.05, 3.63) is 11.8 Å². The molecule has 0 unspecified atom stereocenters. The summed E-state index contributed by atoms with van der Waals surface area (Å²) in [6, 6.07) is 1.69. The van der Waals surface area contributed by atoms with Crippen LogP contribution in [0, 0.1) is 18.3 Å². The number of aliphatic carboxylic acids is 1. The Balaban J connectivity index is 1.86. The van der Waals surface area contributed by atoms with Gasteiger partial charge in [0.25, 0.3) is 0 Å². The van der Waals surface area contributed by atoms with Gasteiger partial charge in [-0.1, -0.05) is 0 Å². The van der Waals surface area contributed by atoms with Crippen LogP contribution in [0.2, 0.25) is 0 Å². The van der Waals surface area contributed by atoms with Crippen molar-refractivity contribution in [3.63, 3.8) is 0 Å². The third-order valence-electron chi connectivity index (χ3n) is 5.07. The molecule has 2 amide bonds. The monoisotopic (exact) mass is 348 g/mol. The minimum absolute atomic E-state index is 0.143. The maximum absolute atomic E-state index is 12.2. The van der Waals surface area contributed by atoms with E-state index in [0.717, 1.165) is 5.69 Å². The average molecular weight is 348 g/mol. The number of hydrogen-bond donors (Lipinski definition) is 2. The van der Waals surface area contributed by atoms with E-state index in [1.54, 1.807) is 26.0 Å². The van der Waals surface area contributed by atoms with Gasteiger partial charge in [-0.15, -0.1) is 0 Å². The quantitative estimate of drug-likeness (QED) is 0.811. The van der Waals surface area contributed by atoms with E-state index in [4.69, 9.17) is 0 Å². The molecule has 0 aliphatic carbocycles. The predicted octanol–water partition coefficient (Wildman–Crippen LogP) is 0.331. The first-order valence-corrected chi connectivity index (χ1v) is 8.25. The maximum atomic E-state index is 12.2. The number of urea groups is 1. The molecule has 2 aliphatic heterocycles. The Morgan fingerprint density at radius 3 is 2.60 bits per heavy atom. The summed E-state index contributed by atoms with van der Waals surface area (Å²) in [5.41, 5.74) is -0.154. The Labute approximate surface area is 146 Å². The zero-order valence-corrected chi connectivity index (χ0v) is 15.0. The fraction of sp³-hybridized carbons (Fsp3) is 0.625. The van der Waals surface area contributed by atoms with Crippen LogP contribution in [0.5, 0.6) is 0 Å². The highest BCUT2D eigenvalue weighted by atomic mass is 16.4. The van der Waals surface area contributed by atoms with Crippen molar-refractivity contribution >= 4 is 23.8 Å². The number of nitrogens with one attached hydrogen (secondary N) is 1. The van der Waals surface area contributed by atoms with E-state index in [-0.39, 0.29) is 18.5 Å². The van der Waals surface area contributed by atoms with E-state index in [9.17, 15) is 14.7 Å². The molecule has 2 N–H and O–H groups in total. The molecule has 2 saturated heterocycles. The fourth-order valence-electron chi connectivity index (χ4n) is 3.77. The first-order valence-electron chi connectivity index (χ1n) is 8.25. The van der Waals surface area contributed by atoms with E-state index in [1.807, 2.05) is 17.9 Å². The molecule has 25 heavy (non-hydrogen) atoms. The summed E-state index contributed by atoms with van der Waals surface area (Å²) in [6.45, 7) is 3.36. The summed E-state index contributed by atoms with van der Waals surface area (Å²) < 4.78 is 0. The summed E-state index contributed by atoms with van der Waals surface area (Å²) in [4.78, 5) is 38.3. The molecule has 136 valence electrons. The first kappa shape index (κ1) is 17.2. The molecule has 0 bridgehead atoms. The highest BCUT2D eigenvalue weighted by Gasteiger charge is 2.59. The van der Waals surface area contributed by atoms with Crippen molar-refractivity contribution in [2.24, 2.45) is 11.3 Å². The summed E-state index contributed by atoms with van der Waals surface area (Å²) in [5, 5.41) is 12.9.